The van der Waals surface area contributed by atoms with Crippen molar-refractivity contribution in [2.24, 2.45) is 0 Å². The summed E-state index contributed by atoms with van der Waals surface area (Å²) in [7, 11) is 1.95. The number of carbonyl (C=O) groups is 1. The topological polar surface area (TPSA) is 58.1 Å². The largest absolute Gasteiger partial charge is 0.344 e. The van der Waals surface area contributed by atoms with Crippen LogP contribution in [0, 0.1) is 0 Å². The molecule has 2 aromatic carbocycles. The van der Waals surface area contributed by atoms with Crippen molar-refractivity contribution in [3.05, 3.63) is 65.2 Å². The van der Waals surface area contributed by atoms with E-state index in [1.54, 1.807) is 0 Å². The third-order valence-electron chi connectivity index (χ3n) is 3.64. The van der Waals surface area contributed by atoms with Crippen molar-refractivity contribution >= 4 is 33.8 Å². The van der Waals surface area contributed by atoms with Crippen molar-refractivity contribution in [2.45, 2.75) is 13.3 Å². The predicted octanol–water partition coefficient (Wildman–Crippen LogP) is 4.12. The summed E-state index contributed by atoms with van der Waals surface area (Å²) in [5.74, 6) is -0.188. The van der Waals surface area contributed by atoms with Crippen LogP contribution in [-0.4, -0.2) is 23.2 Å². The first-order valence-corrected chi connectivity index (χ1v) is 8.52. The Morgan fingerprint density at radius 2 is 1.79 bits per heavy atom. The molecule has 1 amide bonds. The summed E-state index contributed by atoms with van der Waals surface area (Å²) in [5.41, 5.74) is 2.44. The van der Waals surface area contributed by atoms with Gasteiger partial charge in [-0.25, -0.2) is 0 Å². The van der Waals surface area contributed by atoms with E-state index < -0.39 is 0 Å². The van der Waals surface area contributed by atoms with Crippen molar-refractivity contribution in [1.82, 2.24) is 10.2 Å². The number of hydrogen-bond donors (Lipinski definition) is 1. The number of aromatic nitrogens is 2. The van der Waals surface area contributed by atoms with Gasteiger partial charge in [-0.05, 0) is 30.7 Å². The Kier molecular flexibility index (Phi) is 4.86. The van der Waals surface area contributed by atoms with E-state index in [4.69, 9.17) is 0 Å². The predicted molar refractivity (Wildman–Crippen MR) is 98.2 cm³/mol. The highest BCUT2D eigenvalue weighted by atomic mass is 32.1. The molecular formula is C18H18N4OS. The second kappa shape index (κ2) is 7.23. The number of anilines is 3. The molecule has 24 heavy (non-hydrogen) atoms. The van der Waals surface area contributed by atoms with Crippen molar-refractivity contribution in [2.75, 3.05) is 17.3 Å². The molecule has 0 unspecified atom stereocenters. The molecule has 3 rings (SSSR count). The molecule has 0 fully saturated rings. The van der Waals surface area contributed by atoms with Crippen LogP contribution >= 0.6 is 11.3 Å². The van der Waals surface area contributed by atoms with Crippen LogP contribution in [0.5, 0.6) is 0 Å². The maximum Gasteiger partial charge on any atom is 0.259 e. The average molecular weight is 338 g/mol. The minimum absolute atomic E-state index is 0.188. The number of nitrogens with one attached hydrogen (secondary N) is 1. The Hall–Kier alpha value is -2.73. The highest BCUT2D eigenvalue weighted by Gasteiger charge is 2.16. The maximum absolute atomic E-state index is 12.7. The summed E-state index contributed by atoms with van der Waals surface area (Å²) < 4.78 is 0. The van der Waals surface area contributed by atoms with Gasteiger partial charge in [-0.2, -0.15) is 0 Å². The Morgan fingerprint density at radius 3 is 2.50 bits per heavy atom. The van der Waals surface area contributed by atoms with Crippen LogP contribution in [0.4, 0.5) is 16.5 Å². The molecule has 0 bridgehead atoms. The number of hydrogen-bond acceptors (Lipinski definition) is 5. The van der Waals surface area contributed by atoms with Crippen molar-refractivity contribution in [3.63, 3.8) is 0 Å². The van der Waals surface area contributed by atoms with E-state index >= 15 is 0 Å². The Balaban J connectivity index is 1.87. The molecular weight excluding hydrogens is 320 g/mol. The number of nitrogens with zero attached hydrogens (tertiary/aromatic N) is 3. The first kappa shape index (κ1) is 16.1. The molecule has 0 aliphatic carbocycles. The molecule has 0 aliphatic rings. The quantitative estimate of drug-likeness (QED) is 0.760. The molecule has 0 saturated heterocycles. The maximum atomic E-state index is 12.7. The Labute approximate surface area is 145 Å². The first-order valence-electron chi connectivity index (χ1n) is 7.70. The number of rotatable bonds is 5. The highest BCUT2D eigenvalue weighted by molar-refractivity contribution is 7.15. The molecule has 5 nitrogen and oxygen atoms in total. The Bertz CT molecular complexity index is 832. The molecule has 3 aromatic rings. The van der Waals surface area contributed by atoms with Crippen LogP contribution in [0.15, 0.2) is 54.6 Å². The third kappa shape index (κ3) is 3.44. The molecule has 1 N–H and O–H groups in total. The zero-order valence-corrected chi connectivity index (χ0v) is 14.4. The molecule has 0 saturated carbocycles. The van der Waals surface area contributed by atoms with Gasteiger partial charge in [0.1, 0.15) is 5.01 Å². The van der Waals surface area contributed by atoms with Gasteiger partial charge in [0.05, 0.1) is 11.3 Å². The van der Waals surface area contributed by atoms with Gasteiger partial charge in [0.15, 0.2) is 0 Å². The molecule has 1 aromatic heterocycles. The zero-order valence-electron chi connectivity index (χ0n) is 13.6. The Morgan fingerprint density at radius 1 is 1.08 bits per heavy atom. The molecule has 0 radical (unpaired) electrons. The van der Waals surface area contributed by atoms with E-state index in [0.29, 0.717) is 10.7 Å². The number of amides is 1. The normalized spacial score (nSPS) is 10.4. The zero-order chi connectivity index (χ0) is 16.9. The van der Waals surface area contributed by atoms with Crippen LogP contribution in [0.3, 0.4) is 0 Å². The molecule has 0 atom stereocenters. The lowest BCUT2D eigenvalue weighted by Gasteiger charge is -2.22. The van der Waals surface area contributed by atoms with E-state index in [0.717, 1.165) is 22.8 Å². The summed E-state index contributed by atoms with van der Waals surface area (Å²) in [4.78, 5) is 14.7. The lowest BCUT2D eigenvalue weighted by atomic mass is 10.1. The summed E-state index contributed by atoms with van der Waals surface area (Å²) in [6, 6.07) is 17.5. The molecule has 0 spiro atoms. The van der Waals surface area contributed by atoms with Crippen molar-refractivity contribution < 1.29 is 4.79 Å². The molecule has 6 heteroatoms. The number of benzene rings is 2. The SMILES string of the molecule is CCc1nnc(NC(=O)c2ccccc2N(C)c2ccccc2)s1. The monoisotopic (exact) mass is 338 g/mol. The summed E-state index contributed by atoms with van der Waals surface area (Å²) >= 11 is 1.40. The van der Waals surface area contributed by atoms with Crippen LogP contribution in [0.1, 0.15) is 22.3 Å². The highest BCUT2D eigenvalue weighted by Crippen LogP contribution is 2.27. The van der Waals surface area contributed by atoms with Gasteiger partial charge < -0.3 is 4.90 Å². The molecule has 0 aliphatic heterocycles. The van der Waals surface area contributed by atoms with Crippen LogP contribution < -0.4 is 10.2 Å². The molecule has 1 heterocycles. The fourth-order valence-electron chi connectivity index (χ4n) is 2.36. The first-order chi connectivity index (χ1) is 11.7. The van der Waals surface area contributed by atoms with Gasteiger partial charge in [0, 0.05) is 12.7 Å². The van der Waals surface area contributed by atoms with Crippen molar-refractivity contribution in [3.8, 4) is 0 Å². The van der Waals surface area contributed by atoms with E-state index in [1.807, 2.05) is 73.5 Å². The lowest BCUT2D eigenvalue weighted by Crippen LogP contribution is -2.18. The second-order valence-electron chi connectivity index (χ2n) is 5.22. The smallest absolute Gasteiger partial charge is 0.259 e. The average Bonchev–Trinajstić information content (AvgIpc) is 3.09. The van der Waals surface area contributed by atoms with Crippen LogP contribution in [0.2, 0.25) is 0 Å². The van der Waals surface area contributed by atoms with E-state index in [-0.39, 0.29) is 5.91 Å². The van der Waals surface area contributed by atoms with Gasteiger partial charge in [0.25, 0.3) is 5.91 Å². The minimum atomic E-state index is -0.188. The fourth-order valence-corrected chi connectivity index (χ4v) is 3.03. The standard InChI is InChI=1S/C18H18N4OS/c1-3-16-20-21-18(24-16)19-17(23)14-11-7-8-12-15(14)22(2)13-9-5-4-6-10-13/h4-12H,3H2,1-2H3,(H,19,21,23). The molecule has 122 valence electrons. The summed E-state index contributed by atoms with van der Waals surface area (Å²) in [5, 5.41) is 12.3. The van der Waals surface area contributed by atoms with Gasteiger partial charge in [-0.1, -0.05) is 48.6 Å². The number of para-hydroxylation sites is 2. The van der Waals surface area contributed by atoms with E-state index in [2.05, 4.69) is 15.5 Å². The minimum Gasteiger partial charge on any atom is -0.344 e. The number of aryl methyl sites for hydroxylation is 1. The van der Waals surface area contributed by atoms with Crippen LogP contribution in [0.25, 0.3) is 0 Å². The summed E-state index contributed by atoms with van der Waals surface area (Å²) in [6.07, 6.45) is 0.806. The van der Waals surface area contributed by atoms with Crippen LogP contribution in [-0.2, 0) is 6.42 Å². The van der Waals surface area contributed by atoms with Gasteiger partial charge in [-0.15, -0.1) is 10.2 Å². The number of carbonyl (C=O) groups excluding carboxylic acids is 1. The summed E-state index contributed by atoms with van der Waals surface area (Å²) in [6.45, 7) is 2.01. The fraction of sp³-hybridized carbons (Fsp3) is 0.167. The second-order valence-corrected chi connectivity index (χ2v) is 6.28. The van der Waals surface area contributed by atoms with E-state index in [9.17, 15) is 4.79 Å². The third-order valence-corrected chi connectivity index (χ3v) is 4.63. The van der Waals surface area contributed by atoms with E-state index in [1.165, 1.54) is 11.3 Å². The van der Waals surface area contributed by atoms with Crippen molar-refractivity contribution in [1.29, 1.82) is 0 Å². The van der Waals surface area contributed by atoms with Gasteiger partial charge in [-0.3, -0.25) is 10.1 Å². The van der Waals surface area contributed by atoms with Gasteiger partial charge in [0.2, 0.25) is 5.13 Å². The van der Waals surface area contributed by atoms with Gasteiger partial charge >= 0.3 is 0 Å². The lowest BCUT2D eigenvalue weighted by molar-refractivity contribution is 0.102.